The fraction of sp³-hybridized carbons (Fsp3) is 0.857. The molecule has 4 heteroatoms. The highest BCUT2D eigenvalue weighted by Crippen LogP contribution is 2.10. The summed E-state index contributed by atoms with van der Waals surface area (Å²) in [5.74, 6) is 2.05. The molecule has 0 aromatic rings. The first-order valence-electron chi connectivity index (χ1n) is 3.71. The van der Waals surface area contributed by atoms with Gasteiger partial charge in [-0.1, -0.05) is 0 Å². The SMILES string of the molecule is COC(=O)CC1CSCCN1. The molecule has 1 heterocycles. The normalized spacial score (nSPS) is 24.6. The Morgan fingerprint density at radius 2 is 2.64 bits per heavy atom. The maximum atomic E-state index is 10.8. The van der Waals surface area contributed by atoms with Crippen molar-refractivity contribution in [1.82, 2.24) is 5.32 Å². The van der Waals surface area contributed by atoms with Gasteiger partial charge in [-0.25, -0.2) is 0 Å². The quantitative estimate of drug-likeness (QED) is 0.611. The van der Waals surface area contributed by atoms with Crippen LogP contribution in [0.1, 0.15) is 6.42 Å². The maximum Gasteiger partial charge on any atom is 0.307 e. The fourth-order valence-corrected chi connectivity index (χ4v) is 1.98. The van der Waals surface area contributed by atoms with Crippen LogP contribution in [0, 0.1) is 0 Å². The highest BCUT2D eigenvalue weighted by atomic mass is 32.2. The highest BCUT2D eigenvalue weighted by molar-refractivity contribution is 7.99. The Bertz CT molecular complexity index is 134. The summed E-state index contributed by atoms with van der Waals surface area (Å²) in [5.41, 5.74) is 0. The second kappa shape index (κ2) is 4.62. The molecule has 0 amide bonds. The third kappa shape index (κ3) is 3.12. The zero-order valence-corrected chi connectivity index (χ0v) is 7.45. The van der Waals surface area contributed by atoms with Gasteiger partial charge in [0.05, 0.1) is 13.5 Å². The Morgan fingerprint density at radius 3 is 3.18 bits per heavy atom. The average Bonchev–Trinajstić information content (AvgIpc) is 2.06. The monoisotopic (exact) mass is 175 g/mol. The van der Waals surface area contributed by atoms with E-state index in [0.717, 1.165) is 18.1 Å². The predicted octanol–water partition coefficient (Wildman–Crippen LogP) is 0.254. The largest absolute Gasteiger partial charge is 0.469 e. The van der Waals surface area contributed by atoms with Crippen LogP contribution in [0.15, 0.2) is 0 Å². The van der Waals surface area contributed by atoms with Crippen LogP contribution in [0.2, 0.25) is 0 Å². The molecule has 3 nitrogen and oxygen atoms in total. The number of carbonyl (C=O) groups is 1. The number of rotatable bonds is 2. The standard InChI is InChI=1S/C7H13NO2S/c1-10-7(9)4-6-5-11-3-2-8-6/h6,8H,2-5H2,1H3. The fourth-order valence-electron chi connectivity index (χ4n) is 1.04. The molecule has 0 aromatic heterocycles. The molecule has 0 spiro atoms. The Labute approximate surface area is 70.9 Å². The number of hydrogen-bond donors (Lipinski definition) is 1. The van der Waals surface area contributed by atoms with Crippen LogP contribution in [0.5, 0.6) is 0 Å². The number of nitrogens with one attached hydrogen (secondary N) is 1. The van der Waals surface area contributed by atoms with Crippen molar-refractivity contribution in [3.05, 3.63) is 0 Å². The maximum absolute atomic E-state index is 10.8. The summed E-state index contributed by atoms with van der Waals surface area (Å²) in [6.07, 6.45) is 0.503. The molecule has 1 aliphatic rings. The van der Waals surface area contributed by atoms with Crippen molar-refractivity contribution in [2.75, 3.05) is 25.2 Å². The summed E-state index contributed by atoms with van der Waals surface area (Å²) in [4.78, 5) is 10.8. The zero-order chi connectivity index (χ0) is 8.10. The van der Waals surface area contributed by atoms with Crippen molar-refractivity contribution >= 4 is 17.7 Å². The number of thioether (sulfide) groups is 1. The Hall–Kier alpha value is -0.220. The van der Waals surface area contributed by atoms with E-state index in [0.29, 0.717) is 12.5 Å². The van der Waals surface area contributed by atoms with Crippen LogP contribution >= 0.6 is 11.8 Å². The third-order valence-electron chi connectivity index (χ3n) is 1.64. The molecule has 0 aromatic carbocycles. The average molecular weight is 175 g/mol. The van der Waals surface area contributed by atoms with Crippen molar-refractivity contribution < 1.29 is 9.53 Å². The smallest absolute Gasteiger partial charge is 0.307 e. The number of hydrogen-bond acceptors (Lipinski definition) is 4. The number of ether oxygens (including phenoxy) is 1. The minimum atomic E-state index is -0.120. The molecule has 11 heavy (non-hydrogen) atoms. The third-order valence-corrected chi connectivity index (χ3v) is 2.77. The molecule has 0 radical (unpaired) electrons. The molecule has 0 aliphatic carbocycles. The van der Waals surface area contributed by atoms with Gasteiger partial charge in [0.1, 0.15) is 0 Å². The van der Waals surface area contributed by atoms with Crippen LogP contribution < -0.4 is 5.32 Å². The molecule has 1 aliphatic heterocycles. The lowest BCUT2D eigenvalue weighted by molar-refractivity contribution is -0.141. The van der Waals surface area contributed by atoms with Gasteiger partial charge < -0.3 is 10.1 Å². The molecule has 64 valence electrons. The van der Waals surface area contributed by atoms with Gasteiger partial charge in [0.15, 0.2) is 0 Å². The van der Waals surface area contributed by atoms with Crippen LogP contribution in [0.3, 0.4) is 0 Å². The molecule has 1 saturated heterocycles. The van der Waals surface area contributed by atoms with Crippen LogP contribution in [-0.2, 0) is 9.53 Å². The summed E-state index contributed by atoms with van der Waals surface area (Å²) in [7, 11) is 1.43. The van der Waals surface area contributed by atoms with Crippen molar-refractivity contribution in [2.45, 2.75) is 12.5 Å². The summed E-state index contributed by atoms with van der Waals surface area (Å²) in [6, 6.07) is 0.321. The molecular formula is C7H13NO2S. The Balaban J connectivity index is 2.19. The van der Waals surface area contributed by atoms with Gasteiger partial charge in [0, 0.05) is 24.1 Å². The highest BCUT2D eigenvalue weighted by Gasteiger charge is 2.16. The molecule has 1 N–H and O–H groups in total. The van der Waals surface area contributed by atoms with E-state index in [2.05, 4.69) is 10.1 Å². The van der Waals surface area contributed by atoms with E-state index in [1.165, 1.54) is 7.11 Å². The van der Waals surface area contributed by atoms with Gasteiger partial charge in [0.2, 0.25) is 0 Å². The van der Waals surface area contributed by atoms with Crippen molar-refractivity contribution in [3.63, 3.8) is 0 Å². The van der Waals surface area contributed by atoms with Crippen LogP contribution in [0.25, 0.3) is 0 Å². The van der Waals surface area contributed by atoms with Crippen molar-refractivity contribution in [3.8, 4) is 0 Å². The number of methoxy groups -OCH3 is 1. The topological polar surface area (TPSA) is 38.3 Å². The van der Waals surface area contributed by atoms with Gasteiger partial charge >= 0.3 is 5.97 Å². The van der Waals surface area contributed by atoms with E-state index in [4.69, 9.17) is 0 Å². The molecular weight excluding hydrogens is 162 g/mol. The van der Waals surface area contributed by atoms with Crippen LogP contribution in [-0.4, -0.2) is 37.2 Å². The second-order valence-electron chi connectivity index (χ2n) is 2.51. The van der Waals surface area contributed by atoms with Gasteiger partial charge in [-0.15, -0.1) is 0 Å². The summed E-state index contributed by atoms with van der Waals surface area (Å²) in [6.45, 7) is 1.01. The zero-order valence-electron chi connectivity index (χ0n) is 6.63. The molecule has 1 atom stereocenters. The Morgan fingerprint density at radius 1 is 1.82 bits per heavy atom. The van der Waals surface area contributed by atoms with Crippen LogP contribution in [0.4, 0.5) is 0 Å². The molecule has 1 rings (SSSR count). The first-order chi connectivity index (χ1) is 5.33. The summed E-state index contributed by atoms with van der Waals surface area (Å²) in [5, 5.41) is 3.26. The lowest BCUT2D eigenvalue weighted by Crippen LogP contribution is -2.39. The lowest BCUT2D eigenvalue weighted by Gasteiger charge is -2.21. The summed E-state index contributed by atoms with van der Waals surface area (Å²) < 4.78 is 4.56. The predicted molar refractivity (Wildman–Crippen MR) is 45.7 cm³/mol. The van der Waals surface area contributed by atoms with E-state index >= 15 is 0 Å². The molecule has 0 bridgehead atoms. The van der Waals surface area contributed by atoms with E-state index in [-0.39, 0.29) is 5.97 Å². The lowest BCUT2D eigenvalue weighted by atomic mass is 10.2. The van der Waals surface area contributed by atoms with Crippen molar-refractivity contribution in [1.29, 1.82) is 0 Å². The van der Waals surface area contributed by atoms with E-state index in [1.807, 2.05) is 11.8 Å². The Kier molecular flexibility index (Phi) is 3.72. The first-order valence-corrected chi connectivity index (χ1v) is 4.86. The van der Waals surface area contributed by atoms with E-state index < -0.39 is 0 Å². The van der Waals surface area contributed by atoms with Crippen molar-refractivity contribution in [2.24, 2.45) is 0 Å². The first kappa shape index (κ1) is 8.87. The number of carbonyl (C=O) groups excluding carboxylic acids is 1. The minimum Gasteiger partial charge on any atom is -0.469 e. The van der Waals surface area contributed by atoms with E-state index in [9.17, 15) is 4.79 Å². The minimum absolute atomic E-state index is 0.120. The van der Waals surface area contributed by atoms with Gasteiger partial charge in [-0.2, -0.15) is 11.8 Å². The van der Waals surface area contributed by atoms with Gasteiger partial charge in [-0.05, 0) is 0 Å². The summed E-state index contributed by atoms with van der Waals surface area (Å²) >= 11 is 1.89. The molecule has 1 fully saturated rings. The second-order valence-corrected chi connectivity index (χ2v) is 3.66. The van der Waals surface area contributed by atoms with E-state index in [1.54, 1.807) is 0 Å². The van der Waals surface area contributed by atoms with Gasteiger partial charge in [0.25, 0.3) is 0 Å². The number of esters is 1. The van der Waals surface area contributed by atoms with Gasteiger partial charge in [-0.3, -0.25) is 4.79 Å². The molecule has 0 saturated carbocycles. The molecule has 1 unspecified atom stereocenters.